The standard InChI is InChI=1S/C15H14FN3O2S/c16-11-6-8-12(9-7-11)19(15(17)22)18-14(20)10-21-13-4-2-1-3-5-13/h1-9H,10H2,(H2,17,22)(H,18,20). The summed E-state index contributed by atoms with van der Waals surface area (Å²) in [5.41, 5.74) is 8.52. The molecule has 0 aliphatic rings. The van der Waals surface area contributed by atoms with Gasteiger partial charge in [-0.05, 0) is 48.6 Å². The smallest absolute Gasteiger partial charge is 0.276 e. The van der Waals surface area contributed by atoms with Gasteiger partial charge in [-0.25, -0.2) is 9.40 Å². The van der Waals surface area contributed by atoms with Crippen LogP contribution in [0.25, 0.3) is 0 Å². The Labute approximate surface area is 132 Å². The van der Waals surface area contributed by atoms with Gasteiger partial charge in [0.2, 0.25) is 0 Å². The van der Waals surface area contributed by atoms with Gasteiger partial charge in [0.1, 0.15) is 11.6 Å². The van der Waals surface area contributed by atoms with E-state index in [0.717, 1.165) is 0 Å². The van der Waals surface area contributed by atoms with Crippen LogP contribution in [-0.2, 0) is 4.79 Å². The number of para-hydroxylation sites is 1. The molecule has 0 saturated heterocycles. The lowest BCUT2D eigenvalue weighted by atomic mass is 10.3. The van der Waals surface area contributed by atoms with Crippen molar-refractivity contribution in [2.75, 3.05) is 11.6 Å². The number of amides is 1. The maximum Gasteiger partial charge on any atom is 0.276 e. The molecule has 0 atom stereocenters. The minimum Gasteiger partial charge on any atom is -0.484 e. The van der Waals surface area contributed by atoms with E-state index < -0.39 is 11.7 Å². The van der Waals surface area contributed by atoms with E-state index in [1.54, 1.807) is 24.3 Å². The van der Waals surface area contributed by atoms with Crippen molar-refractivity contribution in [3.63, 3.8) is 0 Å². The van der Waals surface area contributed by atoms with Gasteiger partial charge in [-0.1, -0.05) is 18.2 Å². The molecule has 0 aliphatic carbocycles. The number of rotatable bonds is 4. The summed E-state index contributed by atoms with van der Waals surface area (Å²) in [5.74, 6) is -0.271. The van der Waals surface area contributed by atoms with Crippen LogP contribution in [0.5, 0.6) is 5.75 Å². The number of anilines is 1. The summed E-state index contributed by atoms with van der Waals surface area (Å²) in [6, 6.07) is 14.3. The van der Waals surface area contributed by atoms with Gasteiger partial charge in [0.25, 0.3) is 5.91 Å². The molecule has 0 aliphatic heterocycles. The molecule has 3 N–H and O–H groups in total. The second-order valence-corrected chi connectivity index (χ2v) is 4.71. The third-order valence-electron chi connectivity index (χ3n) is 2.65. The van der Waals surface area contributed by atoms with E-state index in [4.69, 9.17) is 22.7 Å². The van der Waals surface area contributed by atoms with Crippen LogP contribution in [0, 0.1) is 5.82 Å². The third-order valence-corrected chi connectivity index (χ3v) is 2.84. The predicted molar refractivity (Wildman–Crippen MR) is 85.7 cm³/mol. The fourth-order valence-corrected chi connectivity index (χ4v) is 1.81. The van der Waals surface area contributed by atoms with Gasteiger partial charge < -0.3 is 10.5 Å². The first-order valence-corrected chi connectivity index (χ1v) is 6.79. The first-order chi connectivity index (χ1) is 10.6. The Morgan fingerprint density at radius 1 is 1.18 bits per heavy atom. The molecule has 5 nitrogen and oxygen atoms in total. The molecular weight excluding hydrogens is 305 g/mol. The minimum absolute atomic E-state index is 0.0698. The maximum absolute atomic E-state index is 12.9. The van der Waals surface area contributed by atoms with Crippen LogP contribution >= 0.6 is 12.2 Å². The number of hydrazine groups is 1. The van der Waals surface area contributed by atoms with Crippen molar-refractivity contribution in [2.24, 2.45) is 5.73 Å². The lowest BCUT2D eigenvalue weighted by Gasteiger charge is -2.23. The largest absolute Gasteiger partial charge is 0.484 e. The number of carbonyl (C=O) groups excluding carboxylic acids is 1. The molecule has 0 saturated carbocycles. The minimum atomic E-state index is -0.444. The number of nitrogens with zero attached hydrogens (tertiary/aromatic N) is 1. The van der Waals surface area contributed by atoms with E-state index in [-0.39, 0.29) is 11.7 Å². The average molecular weight is 319 g/mol. The lowest BCUT2D eigenvalue weighted by molar-refractivity contribution is -0.123. The van der Waals surface area contributed by atoms with Crippen LogP contribution in [0.15, 0.2) is 54.6 Å². The molecule has 1 amide bonds. The number of nitrogens with two attached hydrogens (primary N) is 1. The normalized spacial score (nSPS) is 9.86. The van der Waals surface area contributed by atoms with Crippen LogP contribution in [0.4, 0.5) is 10.1 Å². The Morgan fingerprint density at radius 2 is 1.82 bits per heavy atom. The van der Waals surface area contributed by atoms with Crippen molar-refractivity contribution in [3.8, 4) is 5.75 Å². The van der Waals surface area contributed by atoms with Crippen molar-refractivity contribution in [3.05, 3.63) is 60.4 Å². The summed E-state index contributed by atoms with van der Waals surface area (Å²) < 4.78 is 18.3. The van der Waals surface area contributed by atoms with Gasteiger partial charge in [0, 0.05) is 0 Å². The number of hydrogen-bond donors (Lipinski definition) is 2. The molecule has 0 aromatic heterocycles. The van der Waals surface area contributed by atoms with Gasteiger partial charge in [-0.15, -0.1) is 0 Å². The molecule has 2 aromatic carbocycles. The summed E-state index contributed by atoms with van der Waals surface area (Å²) in [6.07, 6.45) is 0. The Morgan fingerprint density at radius 3 is 2.41 bits per heavy atom. The predicted octanol–water partition coefficient (Wildman–Crippen LogP) is 1.99. The van der Waals surface area contributed by atoms with Gasteiger partial charge in [-0.2, -0.15) is 0 Å². The monoisotopic (exact) mass is 319 g/mol. The van der Waals surface area contributed by atoms with Gasteiger partial charge in [-0.3, -0.25) is 10.2 Å². The molecule has 0 unspecified atom stereocenters. The van der Waals surface area contributed by atoms with E-state index in [9.17, 15) is 9.18 Å². The number of nitrogens with one attached hydrogen (secondary N) is 1. The van der Waals surface area contributed by atoms with E-state index in [0.29, 0.717) is 11.4 Å². The van der Waals surface area contributed by atoms with E-state index in [1.165, 1.54) is 29.3 Å². The quantitative estimate of drug-likeness (QED) is 0.666. The zero-order chi connectivity index (χ0) is 15.9. The Hall–Kier alpha value is -2.67. The highest BCUT2D eigenvalue weighted by molar-refractivity contribution is 7.80. The zero-order valence-electron chi connectivity index (χ0n) is 11.5. The van der Waals surface area contributed by atoms with Crippen LogP contribution < -0.4 is 20.9 Å². The molecule has 114 valence electrons. The van der Waals surface area contributed by atoms with Crippen molar-refractivity contribution >= 4 is 28.9 Å². The highest BCUT2D eigenvalue weighted by atomic mass is 32.1. The first-order valence-electron chi connectivity index (χ1n) is 6.39. The second-order valence-electron chi connectivity index (χ2n) is 4.29. The second kappa shape index (κ2) is 7.37. The zero-order valence-corrected chi connectivity index (χ0v) is 12.3. The Balaban J connectivity index is 1.97. The summed E-state index contributed by atoms with van der Waals surface area (Å²) in [7, 11) is 0. The molecule has 22 heavy (non-hydrogen) atoms. The van der Waals surface area contributed by atoms with Gasteiger partial charge in [0.15, 0.2) is 11.7 Å². The molecule has 0 radical (unpaired) electrons. The van der Waals surface area contributed by atoms with E-state index in [2.05, 4.69) is 5.43 Å². The molecular formula is C15H14FN3O2S. The Bertz CT molecular complexity index is 650. The van der Waals surface area contributed by atoms with E-state index in [1.807, 2.05) is 6.07 Å². The first kappa shape index (κ1) is 15.7. The average Bonchev–Trinajstić information content (AvgIpc) is 2.52. The number of carbonyl (C=O) groups is 1. The molecule has 0 heterocycles. The highest BCUT2D eigenvalue weighted by Gasteiger charge is 2.13. The van der Waals surface area contributed by atoms with Crippen molar-refractivity contribution in [1.82, 2.24) is 5.43 Å². The topological polar surface area (TPSA) is 67.6 Å². The summed E-state index contributed by atoms with van der Waals surface area (Å²) in [6.45, 7) is -0.204. The number of thiocarbonyl (C=S) groups is 1. The van der Waals surface area contributed by atoms with Crippen molar-refractivity contribution < 1.29 is 13.9 Å². The molecule has 2 aromatic rings. The Kier molecular flexibility index (Phi) is 5.26. The number of halogens is 1. The maximum atomic E-state index is 12.9. The molecule has 0 spiro atoms. The summed E-state index contributed by atoms with van der Waals surface area (Å²) in [5, 5.41) is 1.12. The third kappa shape index (κ3) is 4.42. The molecule has 0 bridgehead atoms. The van der Waals surface area contributed by atoms with Crippen LogP contribution in [0.3, 0.4) is 0 Å². The summed E-state index contributed by atoms with van der Waals surface area (Å²) >= 11 is 4.88. The van der Waals surface area contributed by atoms with Gasteiger partial charge in [0.05, 0.1) is 5.69 Å². The van der Waals surface area contributed by atoms with Crippen LogP contribution in [0.2, 0.25) is 0 Å². The highest BCUT2D eigenvalue weighted by Crippen LogP contribution is 2.13. The molecule has 7 heteroatoms. The fourth-order valence-electron chi connectivity index (χ4n) is 1.66. The SMILES string of the molecule is NC(=S)N(NC(=O)COc1ccccc1)c1ccc(F)cc1. The molecule has 0 fully saturated rings. The number of ether oxygens (including phenoxy) is 1. The number of hydrogen-bond acceptors (Lipinski definition) is 3. The van der Waals surface area contributed by atoms with Crippen LogP contribution in [-0.4, -0.2) is 17.6 Å². The van der Waals surface area contributed by atoms with Crippen molar-refractivity contribution in [2.45, 2.75) is 0 Å². The lowest BCUT2D eigenvalue weighted by Crippen LogP contribution is -2.50. The van der Waals surface area contributed by atoms with Gasteiger partial charge >= 0.3 is 0 Å². The fraction of sp³-hybridized carbons (Fsp3) is 0.0667. The summed E-state index contributed by atoms with van der Waals surface area (Å²) in [4.78, 5) is 11.9. The van der Waals surface area contributed by atoms with Crippen LogP contribution in [0.1, 0.15) is 0 Å². The van der Waals surface area contributed by atoms with Crippen molar-refractivity contribution in [1.29, 1.82) is 0 Å². The number of benzene rings is 2. The molecule has 2 rings (SSSR count). The van der Waals surface area contributed by atoms with E-state index >= 15 is 0 Å².